The van der Waals surface area contributed by atoms with Crippen LogP contribution in [0, 0.1) is 0 Å². The molecule has 7 N–H and O–H groups in total. The number of rotatable bonds is 15. The molecule has 0 aliphatic rings. The van der Waals surface area contributed by atoms with Gasteiger partial charge in [-0.1, -0.05) is 22.4 Å². The van der Waals surface area contributed by atoms with Gasteiger partial charge in [0.25, 0.3) is 22.2 Å². The molecule has 2 amide bonds. The van der Waals surface area contributed by atoms with Gasteiger partial charge in [-0.3, -0.25) is 9.59 Å². The third-order valence-electron chi connectivity index (χ3n) is 7.64. The zero-order valence-electron chi connectivity index (χ0n) is 28.5. The summed E-state index contributed by atoms with van der Waals surface area (Å²) in [5, 5.41) is 62.7. The summed E-state index contributed by atoms with van der Waals surface area (Å²) in [6.07, 6.45) is 0.325. The number of oxime groups is 2. The van der Waals surface area contributed by atoms with Crippen molar-refractivity contribution < 1.29 is 82.0 Å². The average molecular weight is 1040 g/mol. The van der Waals surface area contributed by atoms with Crippen LogP contribution < -0.4 is 44.4 Å². The van der Waals surface area contributed by atoms with Gasteiger partial charge in [0.05, 0.1) is 17.9 Å². The molecule has 4 aromatic carbocycles. The fourth-order valence-electron chi connectivity index (χ4n) is 5.06. The number of amides is 2. The molecule has 0 saturated carbocycles. The van der Waals surface area contributed by atoms with Crippen molar-refractivity contribution >= 4 is 97.4 Å². The summed E-state index contributed by atoms with van der Waals surface area (Å²) in [4.78, 5) is 25.8. The standard InChI is InChI=1S/C34H30Br4N4O11S.Na/c35-23-11-17(1-3-29(23)43)5-7-39-33(46)27(41-48)15-19-9-21(31(44)25(37)13-19)22-10-20(14-26(38)32(22)45)16-28(42-49)34(47)40-8-6-18-2-4-30(24(36)12-18)53-54(50,51)52;/h1-4,9-14,43-45,48-49H,5-8,15-16H2,(H,39,46)(H,40,47)(H,50,51,52);/q;+1/p-1/b41-27+,42-28+;. The summed E-state index contributed by atoms with van der Waals surface area (Å²) < 4.78 is 38.1. The van der Waals surface area contributed by atoms with Gasteiger partial charge in [-0.2, -0.15) is 0 Å². The molecule has 0 radical (unpaired) electrons. The SMILES string of the molecule is O=C(NCCc1ccc(O)c(Br)c1)/C(Cc1cc(Br)c(O)c(-c2cc(C/C(=N\O)C(=O)NCCc3ccc(OS(=O)(=O)[O-])c(Br)c3)cc(Br)c2O)c1)=N/O.[Na+]. The number of aromatic hydroxyl groups is 3. The van der Waals surface area contributed by atoms with Crippen molar-refractivity contribution in [1.29, 1.82) is 0 Å². The van der Waals surface area contributed by atoms with E-state index < -0.39 is 22.2 Å². The van der Waals surface area contributed by atoms with Crippen LogP contribution in [0.5, 0.6) is 23.0 Å². The third-order valence-corrected chi connectivity index (χ3v) is 10.5. The van der Waals surface area contributed by atoms with E-state index in [4.69, 9.17) is 0 Å². The number of carbonyl (C=O) groups is 2. The van der Waals surface area contributed by atoms with Crippen LogP contribution in [0.4, 0.5) is 0 Å². The Balaban J connectivity index is 0.00000812. The second-order valence-electron chi connectivity index (χ2n) is 11.4. The Morgan fingerprint density at radius 2 is 1.07 bits per heavy atom. The molecule has 0 aliphatic carbocycles. The smallest absolute Gasteiger partial charge is 0.716 e. The molecule has 0 atom stereocenters. The second kappa shape index (κ2) is 20.8. The maximum absolute atomic E-state index is 12.9. The van der Waals surface area contributed by atoms with Crippen LogP contribution in [0.2, 0.25) is 0 Å². The Labute approximate surface area is 370 Å². The van der Waals surface area contributed by atoms with Crippen LogP contribution in [-0.2, 0) is 45.7 Å². The Morgan fingerprint density at radius 3 is 1.47 bits per heavy atom. The van der Waals surface area contributed by atoms with Gasteiger partial charge in [0.15, 0.2) is 5.75 Å². The van der Waals surface area contributed by atoms with E-state index in [1.54, 1.807) is 12.1 Å². The maximum atomic E-state index is 12.9. The molecule has 0 unspecified atom stereocenters. The Bertz CT molecular complexity index is 2260. The van der Waals surface area contributed by atoms with E-state index in [9.17, 15) is 48.3 Å². The first-order valence-corrected chi connectivity index (χ1v) is 19.9. The number of halogens is 4. The zero-order chi connectivity index (χ0) is 39.7. The minimum absolute atomic E-state index is 0. The molecular formula is C34H29Br4N4NaO11S. The molecule has 0 saturated heterocycles. The van der Waals surface area contributed by atoms with Crippen molar-refractivity contribution in [2.24, 2.45) is 10.3 Å². The Kier molecular flexibility index (Phi) is 17.5. The molecule has 4 rings (SSSR count). The summed E-state index contributed by atoms with van der Waals surface area (Å²) >= 11 is 13.0. The summed E-state index contributed by atoms with van der Waals surface area (Å²) in [6, 6.07) is 15.2. The molecule has 0 aromatic heterocycles. The molecular weight excluding hydrogens is 1020 g/mol. The normalized spacial score (nSPS) is 11.8. The van der Waals surface area contributed by atoms with Crippen LogP contribution in [0.25, 0.3) is 11.1 Å². The molecule has 55 heavy (non-hydrogen) atoms. The first-order chi connectivity index (χ1) is 25.5. The third kappa shape index (κ3) is 13.2. The number of phenols is 3. The van der Waals surface area contributed by atoms with E-state index in [2.05, 4.69) is 88.8 Å². The van der Waals surface area contributed by atoms with E-state index in [0.29, 0.717) is 27.6 Å². The van der Waals surface area contributed by atoms with Gasteiger partial charge >= 0.3 is 29.6 Å². The fourth-order valence-corrected chi connectivity index (χ4v) is 7.48. The van der Waals surface area contributed by atoms with Gasteiger partial charge in [-0.25, -0.2) is 8.42 Å². The van der Waals surface area contributed by atoms with Crippen molar-refractivity contribution in [3.63, 3.8) is 0 Å². The maximum Gasteiger partial charge on any atom is 1.00 e. The van der Waals surface area contributed by atoms with E-state index in [1.165, 1.54) is 48.5 Å². The predicted octanol–water partition coefficient (Wildman–Crippen LogP) is 2.83. The van der Waals surface area contributed by atoms with Gasteiger partial charge in [0.2, 0.25) is 0 Å². The van der Waals surface area contributed by atoms with E-state index >= 15 is 0 Å². The van der Waals surface area contributed by atoms with Crippen molar-refractivity contribution in [2.45, 2.75) is 25.7 Å². The number of benzene rings is 4. The van der Waals surface area contributed by atoms with Crippen LogP contribution in [0.1, 0.15) is 22.3 Å². The van der Waals surface area contributed by atoms with E-state index in [-0.39, 0.29) is 121 Å². The Hall–Kier alpha value is -3.21. The molecule has 0 fully saturated rings. The van der Waals surface area contributed by atoms with Crippen LogP contribution in [-0.4, -0.2) is 75.0 Å². The number of hydrogen-bond donors (Lipinski definition) is 7. The number of nitrogens with zero attached hydrogens (tertiary/aromatic N) is 2. The van der Waals surface area contributed by atoms with Crippen LogP contribution in [0.15, 0.2) is 88.9 Å². The molecule has 0 spiro atoms. The molecule has 0 heterocycles. The summed E-state index contributed by atoms with van der Waals surface area (Å²) in [6.45, 7) is 0.282. The van der Waals surface area contributed by atoms with Gasteiger partial charge in [0.1, 0.15) is 28.7 Å². The number of carbonyl (C=O) groups excluding carboxylic acids is 2. The molecule has 21 heteroatoms. The minimum atomic E-state index is -4.97. The first-order valence-electron chi connectivity index (χ1n) is 15.4. The average Bonchev–Trinajstić information content (AvgIpc) is 3.11. The quantitative estimate of drug-likeness (QED) is 0.0228. The van der Waals surface area contributed by atoms with Crippen molar-refractivity contribution in [1.82, 2.24) is 10.6 Å². The first kappa shape index (κ1) is 46.2. The molecule has 4 aromatic rings. The molecule has 0 aliphatic heterocycles. The fraction of sp³-hybridized carbons (Fsp3) is 0.176. The summed E-state index contributed by atoms with van der Waals surface area (Å²) in [5.74, 6) is -2.00. The second-order valence-corrected chi connectivity index (χ2v) is 15.8. The molecule has 0 bridgehead atoms. The van der Waals surface area contributed by atoms with Crippen molar-refractivity contribution in [3.05, 3.63) is 101 Å². The molecule has 286 valence electrons. The summed E-state index contributed by atoms with van der Waals surface area (Å²) in [5.41, 5.74) is 2.03. The largest absolute Gasteiger partial charge is 1.00 e. The summed E-state index contributed by atoms with van der Waals surface area (Å²) in [7, 11) is -4.97. The van der Waals surface area contributed by atoms with Crippen molar-refractivity contribution in [2.75, 3.05) is 13.1 Å². The van der Waals surface area contributed by atoms with Gasteiger partial charge < -0.3 is 45.1 Å². The topological polar surface area (TPSA) is 250 Å². The van der Waals surface area contributed by atoms with Gasteiger partial charge in [0, 0.05) is 37.1 Å². The van der Waals surface area contributed by atoms with Gasteiger partial charge in [-0.05, 0) is 147 Å². The predicted molar refractivity (Wildman–Crippen MR) is 210 cm³/mol. The van der Waals surface area contributed by atoms with Crippen LogP contribution in [0.3, 0.4) is 0 Å². The zero-order valence-corrected chi connectivity index (χ0v) is 37.7. The minimum Gasteiger partial charge on any atom is -0.716 e. The van der Waals surface area contributed by atoms with E-state index in [1.807, 2.05) is 0 Å². The number of hydrogen-bond acceptors (Lipinski definition) is 13. The Morgan fingerprint density at radius 1 is 0.655 bits per heavy atom. The van der Waals surface area contributed by atoms with Crippen LogP contribution >= 0.6 is 63.7 Å². The number of nitrogens with one attached hydrogen (secondary N) is 2. The van der Waals surface area contributed by atoms with Gasteiger partial charge in [-0.15, -0.1) is 0 Å². The molecule has 15 nitrogen and oxygen atoms in total. The van der Waals surface area contributed by atoms with E-state index in [0.717, 1.165) is 5.56 Å². The number of phenolic OH excluding ortho intramolecular Hbond substituents is 3. The van der Waals surface area contributed by atoms with Crippen molar-refractivity contribution in [3.8, 4) is 34.1 Å². The monoisotopic (exact) mass is 1040 g/mol.